The molecule has 0 spiro atoms. The van der Waals surface area contributed by atoms with Gasteiger partial charge in [-0.25, -0.2) is 9.59 Å². The summed E-state index contributed by atoms with van der Waals surface area (Å²) in [5.41, 5.74) is 0. The molecule has 0 bridgehead atoms. The molecule has 1 aromatic rings. The van der Waals surface area contributed by atoms with Crippen molar-refractivity contribution in [2.45, 2.75) is 46.3 Å². The Hall–Kier alpha value is -2.05. The highest BCUT2D eigenvalue weighted by Gasteiger charge is 2.24. The van der Waals surface area contributed by atoms with E-state index in [4.69, 9.17) is 4.74 Å². The van der Waals surface area contributed by atoms with Gasteiger partial charge >= 0.3 is 12.0 Å². The first-order valence-electron chi connectivity index (χ1n) is 7.05. The summed E-state index contributed by atoms with van der Waals surface area (Å²) in [4.78, 5) is 23.9. The molecule has 1 atom stereocenters. The van der Waals surface area contributed by atoms with E-state index in [-0.39, 0.29) is 12.0 Å². The van der Waals surface area contributed by atoms with E-state index in [2.05, 4.69) is 15.7 Å². The molecule has 1 rings (SSSR count). The van der Waals surface area contributed by atoms with Gasteiger partial charge < -0.3 is 10.1 Å². The Morgan fingerprint density at radius 1 is 1.33 bits per heavy atom. The van der Waals surface area contributed by atoms with E-state index < -0.39 is 18.0 Å². The summed E-state index contributed by atoms with van der Waals surface area (Å²) < 4.78 is 6.74. The molecule has 0 radical (unpaired) electrons. The molecule has 1 heterocycles. The third-order valence-electron chi connectivity index (χ3n) is 2.60. The number of nitrogens with one attached hydrogen (secondary N) is 2. The maximum absolute atomic E-state index is 12.0. The van der Waals surface area contributed by atoms with Crippen LogP contribution in [0.1, 0.15) is 34.1 Å². The first-order valence-corrected chi connectivity index (χ1v) is 7.05. The smallest absolute Gasteiger partial charge is 0.328 e. The number of anilines is 1. The molecule has 0 unspecified atom stereocenters. The van der Waals surface area contributed by atoms with Gasteiger partial charge in [-0.05, 0) is 26.2 Å². The normalized spacial score (nSPS) is 12.3. The lowest BCUT2D eigenvalue weighted by molar-refractivity contribution is -0.150. The van der Waals surface area contributed by atoms with E-state index in [1.54, 1.807) is 37.8 Å². The molecule has 7 nitrogen and oxygen atoms in total. The quantitative estimate of drug-likeness (QED) is 0.785. The molecular weight excluding hydrogens is 272 g/mol. The summed E-state index contributed by atoms with van der Waals surface area (Å²) >= 11 is 0. The minimum atomic E-state index is -0.670. The first-order chi connectivity index (χ1) is 9.77. The number of hydrogen-bond donors (Lipinski definition) is 2. The number of aryl methyl sites for hydroxylation is 1. The Bertz CT molecular complexity index is 482. The van der Waals surface area contributed by atoms with Crippen LogP contribution < -0.4 is 10.6 Å². The second kappa shape index (κ2) is 7.66. The topological polar surface area (TPSA) is 85.3 Å². The third-order valence-corrected chi connectivity index (χ3v) is 2.60. The van der Waals surface area contributed by atoms with E-state index in [1.165, 1.54) is 0 Å². The van der Waals surface area contributed by atoms with Gasteiger partial charge in [-0.2, -0.15) is 5.10 Å². The zero-order valence-electron chi connectivity index (χ0n) is 13.2. The number of carbonyl (C=O) groups excluding carboxylic acids is 2. The summed E-state index contributed by atoms with van der Waals surface area (Å²) in [5.74, 6) is 0.259. The fourth-order valence-electron chi connectivity index (χ4n) is 1.79. The second-order valence-corrected chi connectivity index (χ2v) is 5.64. The molecule has 0 fully saturated rings. The van der Waals surface area contributed by atoms with Crippen molar-refractivity contribution in [3.8, 4) is 0 Å². The zero-order chi connectivity index (χ0) is 16.0. The average Bonchev–Trinajstić information content (AvgIpc) is 2.72. The number of rotatable bonds is 6. The second-order valence-electron chi connectivity index (χ2n) is 5.64. The van der Waals surface area contributed by atoms with Crippen LogP contribution in [0.4, 0.5) is 10.6 Å². The first kappa shape index (κ1) is 17.0. The van der Waals surface area contributed by atoms with Gasteiger partial charge in [0.1, 0.15) is 6.04 Å². The molecule has 7 heteroatoms. The van der Waals surface area contributed by atoms with Crippen molar-refractivity contribution < 1.29 is 14.3 Å². The van der Waals surface area contributed by atoms with Crippen LogP contribution in [-0.2, 0) is 16.6 Å². The minimum Gasteiger partial charge on any atom is -0.461 e. The third kappa shape index (κ3) is 6.29. The summed E-state index contributed by atoms with van der Waals surface area (Å²) in [5, 5.41) is 9.26. The van der Waals surface area contributed by atoms with Crippen molar-refractivity contribution in [1.29, 1.82) is 0 Å². The lowest BCUT2D eigenvalue weighted by atomic mass is 10.0. The van der Waals surface area contributed by atoms with Crippen LogP contribution in [0.5, 0.6) is 0 Å². The van der Waals surface area contributed by atoms with Crippen LogP contribution in [0, 0.1) is 5.92 Å². The number of ether oxygens (including phenoxy) is 1. The largest absolute Gasteiger partial charge is 0.461 e. The predicted molar refractivity (Wildman–Crippen MR) is 79.8 cm³/mol. The van der Waals surface area contributed by atoms with Crippen molar-refractivity contribution in [3.05, 3.63) is 12.3 Å². The van der Waals surface area contributed by atoms with Gasteiger partial charge in [0.05, 0.1) is 6.10 Å². The number of esters is 1. The van der Waals surface area contributed by atoms with Crippen LogP contribution >= 0.6 is 0 Å². The highest BCUT2D eigenvalue weighted by atomic mass is 16.5. The number of nitrogens with zero attached hydrogens (tertiary/aromatic N) is 2. The average molecular weight is 296 g/mol. The van der Waals surface area contributed by atoms with Gasteiger partial charge in [0, 0.05) is 19.3 Å². The van der Waals surface area contributed by atoms with Crippen molar-refractivity contribution in [3.63, 3.8) is 0 Å². The van der Waals surface area contributed by atoms with Gasteiger partial charge in [0.15, 0.2) is 5.82 Å². The molecule has 2 amide bonds. The molecule has 21 heavy (non-hydrogen) atoms. The van der Waals surface area contributed by atoms with Gasteiger partial charge in [-0.1, -0.05) is 13.8 Å². The minimum absolute atomic E-state index is 0.215. The van der Waals surface area contributed by atoms with Crippen LogP contribution in [0.3, 0.4) is 0 Å². The van der Waals surface area contributed by atoms with Gasteiger partial charge in [-0.15, -0.1) is 0 Å². The van der Waals surface area contributed by atoms with Crippen molar-refractivity contribution in [2.24, 2.45) is 13.0 Å². The molecule has 118 valence electrons. The van der Waals surface area contributed by atoms with Gasteiger partial charge in [0.25, 0.3) is 0 Å². The van der Waals surface area contributed by atoms with E-state index >= 15 is 0 Å². The molecule has 2 N–H and O–H groups in total. The standard InChI is InChI=1S/C14H24N4O3/c1-9(2)8-11(13(19)21-10(3)4)15-14(20)16-12-6-7-18(5)17-12/h6-7,9-11H,8H2,1-5H3,(H2,15,16,17,20)/t11-/m0/s1. The lowest BCUT2D eigenvalue weighted by Gasteiger charge is -2.20. The fraction of sp³-hybridized carbons (Fsp3) is 0.643. The van der Waals surface area contributed by atoms with Crippen LogP contribution in [0.25, 0.3) is 0 Å². The number of amides is 2. The number of urea groups is 1. The Kier molecular flexibility index (Phi) is 6.20. The molecule has 0 saturated carbocycles. The SMILES string of the molecule is CC(C)C[C@H](NC(=O)Nc1ccn(C)n1)C(=O)OC(C)C. The fourth-order valence-corrected chi connectivity index (χ4v) is 1.79. The van der Waals surface area contributed by atoms with Gasteiger partial charge in [0.2, 0.25) is 0 Å². The van der Waals surface area contributed by atoms with Crippen LogP contribution in [0.15, 0.2) is 12.3 Å². The summed E-state index contributed by atoms with van der Waals surface area (Å²) in [6.45, 7) is 7.51. The number of aromatic nitrogens is 2. The highest BCUT2D eigenvalue weighted by molar-refractivity contribution is 5.91. The monoisotopic (exact) mass is 296 g/mol. The van der Waals surface area contributed by atoms with Crippen molar-refractivity contribution in [1.82, 2.24) is 15.1 Å². The van der Waals surface area contributed by atoms with Gasteiger partial charge in [-0.3, -0.25) is 10.00 Å². The molecule has 0 aliphatic carbocycles. The van der Waals surface area contributed by atoms with E-state index in [9.17, 15) is 9.59 Å². The van der Waals surface area contributed by atoms with Crippen LogP contribution in [-0.4, -0.2) is 33.9 Å². The predicted octanol–water partition coefficient (Wildman–Crippen LogP) is 1.91. The Labute approximate surface area is 125 Å². The maximum atomic E-state index is 12.0. The van der Waals surface area contributed by atoms with E-state index in [1.807, 2.05) is 13.8 Å². The Morgan fingerprint density at radius 3 is 2.48 bits per heavy atom. The Balaban J connectivity index is 2.62. The van der Waals surface area contributed by atoms with E-state index in [0.717, 1.165) is 0 Å². The van der Waals surface area contributed by atoms with Crippen LogP contribution in [0.2, 0.25) is 0 Å². The lowest BCUT2D eigenvalue weighted by Crippen LogP contribution is -2.45. The number of carbonyl (C=O) groups is 2. The Morgan fingerprint density at radius 2 is 2.00 bits per heavy atom. The molecule has 0 saturated heterocycles. The zero-order valence-corrected chi connectivity index (χ0v) is 13.2. The molecule has 0 aliphatic heterocycles. The molecule has 0 aromatic carbocycles. The molecule has 0 aliphatic rings. The summed E-state index contributed by atoms with van der Waals surface area (Å²) in [6.07, 6.45) is 2.02. The summed E-state index contributed by atoms with van der Waals surface area (Å²) in [6, 6.07) is 0.528. The highest BCUT2D eigenvalue weighted by Crippen LogP contribution is 2.08. The molecular formula is C14H24N4O3. The number of hydrogen-bond acceptors (Lipinski definition) is 4. The molecule has 1 aromatic heterocycles. The van der Waals surface area contributed by atoms with Crippen molar-refractivity contribution >= 4 is 17.8 Å². The van der Waals surface area contributed by atoms with Crippen molar-refractivity contribution in [2.75, 3.05) is 5.32 Å². The van der Waals surface area contributed by atoms with E-state index in [0.29, 0.717) is 12.2 Å². The maximum Gasteiger partial charge on any atom is 0.328 e. The summed E-state index contributed by atoms with van der Waals surface area (Å²) in [7, 11) is 1.75.